The highest BCUT2D eigenvalue weighted by atomic mass is 32.1. The number of benzene rings is 1. The largest absolute Gasteiger partial charge is 0.352 e. The molecule has 3 heterocycles. The Kier molecular flexibility index (Phi) is 7.34. The van der Waals surface area contributed by atoms with Crippen molar-refractivity contribution in [3.63, 3.8) is 0 Å². The van der Waals surface area contributed by atoms with Gasteiger partial charge in [-0.05, 0) is 29.5 Å². The number of carbonyl (C=O) groups excluding carboxylic acids is 2. The molecule has 1 fully saturated rings. The molecule has 7 nitrogen and oxygen atoms in total. The van der Waals surface area contributed by atoms with Crippen molar-refractivity contribution in [3.8, 4) is 11.3 Å². The van der Waals surface area contributed by atoms with E-state index in [1.54, 1.807) is 4.90 Å². The molecule has 1 aromatic carbocycles. The summed E-state index contributed by atoms with van der Waals surface area (Å²) in [5.41, 5.74) is 1.88. The summed E-state index contributed by atoms with van der Waals surface area (Å²) in [6.07, 6.45) is 0. The second kappa shape index (κ2) is 10.6. The molecule has 0 unspecified atom stereocenters. The molecule has 0 atom stereocenters. The van der Waals surface area contributed by atoms with Crippen molar-refractivity contribution in [3.05, 3.63) is 64.9 Å². The molecule has 0 radical (unpaired) electrons. The first-order valence-corrected chi connectivity index (χ1v) is 12.1. The number of thiophene rings is 1. The highest BCUT2D eigenvalue weighted by Gasteiger charge is 2.26. The molecular weight excluding hydrogens is 434 g/mol. The Morgan fingerprint density at radius 2 is 1.73 bits per heavy atom. The number of hydrogen-bond donors (Lipinski definition) is 0. The fourth-order valence-electron chi connectivity index (χ4n) is 3.92. The van der Waals surface area contributed by atoms with Crippen molar-refractivity contribution in [2.45, 2.75) is 13.8 Å². The summed E-state index contributed by atoms with van der Waals surface area (Å²) in [5.74, 6) is 1.03. The number of amides is 2. The number of aromatic nitrogens is 2. The van der Waals surface area contributed by atoms with E-state index >= 15 is 0 Å². The van der Waals surface area contributed by atoms with E-state index in [1.165, 1.54) is 11.3 Å². The maximum atomic E-state index is 13.0. The maximum absolute atomic E-state index is 13.0. The predicted octanol–water partition coefficient (Wildman–Crippen LogP) is 3.65. The van der Waals surface area contributed by atoms with Gasteiger partial charge in [-0.3, -0.25) is 9.59 Å². The number of piperazine rings is 1. The van der Waals surface area contributed by atoms with E-state index in [4.69, 9.17) is 0 Å². The maximum Gasteiger partial charge on any atom is 0.264 e. The van der Waals surface area contributed by atoms with Gasteiger partial charge in [0.25, 0.3) is 5.91 Å². The van der Waals surface area contributed by atoms with Crippen molar-refractivity contribution in [2.24, 2.45) is 5.92 Å². The lowest BCUT2D eigenvalue weighted by atomic mass is 10.1. The summed E-state index contributed by atoms with van der Waals surface area (Å²) < 4.78 is 0. The molecule has 172 valence electrons. The van der Waals surface area contributed by atoms with Crippen LogP contribution in [-0.2, 0) is 4.79 Å². The van der Waals surface area contributed by atoms with Crippen molar-refractivity contribution in [2.75, 3.05) is 44.2 Å². The first-order valence-electron chi connectivity index (χ1n) is 11.3. The standard InChI is InChI=1S/C25H29N5O2S/c1-19(2)17-30(25(32)22-9-6-16-33-22)18-24(31)29-14-12-28(13-15-29)23-11-10-21(26-27-23)20-7-4-3-5-8-20/h3-11,16,19H,12-15,17-18H2,1-2H3. The van der Waals surface area contributed by atoms with Crippen molar-refractivity contribution >= 4 is 29.0 Å². The Morgan fingerprint density at radius 1 is 0.970 bits per heavy atom. The summed E-state index contributed by atoms with van der Waals surface area (Å²) in [6, 6.07) is 17.6. The van der Waals surface area contributed by atoms with E-state index < -0.39 is 0 Å². The van der Waals surface area contributed by atoms with Crippen LogP contribution in [0, 0.1) is 5.92 Å². The summed E-state index contributed by atoms with van der Waals surface area (Å²) in [6.45, 7) is 7.37. The monoisotopic (exact) mass is 463 g/mol. The Hall–Kier alpha value is -3.26. The molecule has 1 aliphatic rings. The summed E-state index contributed by atoms with van der Waals surface area (Å²) >= 11 is 1.41. The van der Waals surface area contributed by atoms with E-state index in [9.17, 15) is 9.59 Å². The summed E-state index contributed by atoms with van der Waals surface area (Å²) in [4.78, 5) is 32.2. The van der Waals surface area contributed by atoms with Crippen LogP contribution in [0.2, 0.25) is 0 Å². The Morgan fingerprint density at radius 3 is 2.33 bits per heavy atom. The Balaban J connectivity index is 1.34. The van der Waals surface area contributed by atoms with Gasteiger partial charge >= 0.3 is 0 Å². The fraction of sp³-hybridized carbons (Fsp3) is 0.360. The number of anilines is 1. The van der Waals surface area contributed by atoms with Crippen LogP contribution in [0.4, 0.5) is 5.82 Å². The molecule has 33 heavy (non-hydrogen) atoms. The first-order chi connectivity index (χ1) is 16.0. The molecule has 2 aromatic heterocycles. The zero-order valence-electron chi connectivity index (χ0n) is 19.1. The van der Waals surface area contributed by atoms with Crippen molar-refractivity contribution in [1.29, 1.82) is 0 Å². The van der Waals surface area contributed by atoms with Gasteiger partial charge in [-0.1, -0.05) is 50.2 Å². The van der Waals surface area contributed by atoms with Crippen LogP contribution >= 0.6 is 11.3 Å². The van der Waals surface area contributed by atoms with Gasteiger partial charge in [0.15, 0.2) is 5.82 Å². The van der Waals surface area contributed by atoms with E-state index in [0.29, 0.717) is 37.6 Å². The molecule has 0 bridgehead atoms. The topological polar surface area (TPSA) is 69.6 Å². The van der Waals surface area contributed by atoms with Gasteiger partial charge in [-0.15, -0.1) is 21.5 Å². The van der Waals surface area contributed by atoms with E-state index in [-0.39, 0.29) is 24.3 Å². The van der Waals surface area contributed by atoms with Crippen LogP contribution in [0.1, 0.15) is 23.5 Å². The summed E-state index contributed by atoms with van der Waals surface area (Å²) in [7, 11) is 0. The third-order valence-corrected chi connectivity index (χ3v) is 6.47. The lowest BCUT2D eigenvalue weighted by Crippen LogP contribution is -2.52. The van der Waals surface area contributed by atoms with E-state index in [2.05, 4.69) is 28.9 Å². The van der Waals surface area contributed by atoms with Crippen LogP contribution in [0.15, 0.2) is 60.0 Å². The van der Waals surface area contributed by atoms with E-state index in [1.807, 2.05) is 64.9 Å². The molecule has 0 spiro atoms. The highest BCUT2D eigenvalue weighted by Crippen LogP contribution is 2.19. The molecule has 0 saturated carbocycles. The zero-order valence-corrected chi connectivity index (χ0v) is 19.9. The van der Waals surface area contributed by atoms with Crippen molar-refractivity contribution < 1.29 is 9.59 Å². The highest BCUT2D eigenvalue weighted by molar-refractivity contribution is 7.12. The molecule has 4 rings (SSSR count). The zero-order chi connectivity index (χ0) is 23.2. The predicted molar refractivity (Wildman–Crippen MR) is 131 cm³/mol. The van der Waals surface area contributed by atoms with Gasteiger partial charge in [-0.25, -0.2) is 0 Å². The molecule has 8 heteroatoms. The average Bonchev–Trinajstić information content (AvgIpc) is 3.39. The minimum atomic E-state index is -0.0699. The average molecular weight is 464 g/mol. The van der Waals surface area contributed by atoms with Gasteiger partial charge < -0.3 is 14.7 Å². The number of carbonyl (C=O) groups is 2. The summed E-state index contributed by atoms with van der Waals surface area (Å²) in [5, 5.41) is 10.7. The van der Waals surface area contributed by atoms with Gasteiger partial charge in [0.05, 0.1) is 10.6 Å². The number of hydrogen-bond acceptors (Lipinski definition) is 6. The second-order valence-electron chi connectivity index (χ2n) is 8.57. The van der Waals surface area contributed by atoms with Gasteiger partial charge in [0, 0.05) is 38.3 Å². The van der Waals surface area contributed by atoms with Crippen LogP contribution in [0.5, 0.6) is 0 Å². The molecule has 3 aromatic rings. The molecule has 0 aliphatic carbocycles. The van der Waals surface area contributed by atoms with Crippen LogP contribution in [-0.4, -0.2) is 71.1 Å². The second-order valence-corrected chi connectivity index (χ2v) is 9.52. The molecule has 2 amide bonds. The quantitative estimate of drug-likeness (QED) is 0.535. The van der Waals surface area contributed by atoms with Crippen LogP contribution < -0.4 is 4.90 Å². The minimum Gasteiger partial charge on any atom is -0.352 e. The molecule has 1 aliphatic heterocycles. The van der Waals surface area contributed by atoms with Gasteiger partial charge in [0.1, 0.15) is 6.54 Å². The molecule has 1 saturated heterocycles. The number of nitrogens with zero attached hydrogens (tertiary/aromatic N) is 5. The SMILES string of the molecule is CC(C)CN(CC(=O)N1CCN(c2ccc(-c3ccccc3)nn2)CC1)C(=O)c1cccs1. The van der Waals surface area contributed by atoms with E-state index in [0.717, 1.165) is 17.1 Å². The lowest BCUT2D eigenvalue weighted by Gasteiger charge is -2.36. The Labute approximate surface area is 198 Å². The Bertz CT molecular complexity index is 1050. The van der Waals surface area contributed by atoms with Crippen molar-refractivity contribution in [1.82, 2.24) is 20.0 Å². The lowest BCUT2D eigenvalue weighted by molar-refractivity contribution is -0.132. The third-order valence-electron chi connectivity index (χ3n) is 5.61. The smallest absolute Gasteiger partial charge is 0.264 e. The minimum absolute atomic E-state index is 0.00860. The molecule has 0 N–H and O–H groups in total. The van der Waals surface area contributed by atoms with Crippen LogP contribution in [0.25, 0.3) is 11.3 Å². The van der Waals surface area contributed by atoms with Crippen LogP contribution in [0.3, 0.4) is 0 Å². The first kappa shape index (κ1) is 22.9. The fourth-order valence-corrected chi connectivity index (χ4v) is 4.61. The van der Waals surface area contributed by atoms with Gasteiger partial charge in [0.2, 0.25) is 5.91 Å². The molecular formula is C25H29N5O2S. The van der Waals surface area contributed by atoms with Gasteiger partial charge in [-0.2, -0.15) is 0 Å². The third kappa shape index (κ3) is 5.76. The number of rotatable bonds is 7. The normalized spacial score (nSPS) is 13.9.